The van der Waals surface area contributed by atoms with Crippen molar-refractivity contribution in [2.45, 2.75) is 26.0 Å². The summed E-state index contributed by atoms with van der Waals surface area (Å²) in [6.45, 7) is 3.60. The van der Waals surface area contributed by atoms with Gasteiger partial charge in [-0.05, 0) is 30.8 Å². The second-order valence-electron chi connectivity index (χ2n) is 5.00. The minimum absolute atomic E-state index is 0.145. The Kier molecular flexibility index (Phi) is 5.39. The summed E-state index contributed by atoms with van der Waals surface area (Å²) in [5, 5.41) is 5.72. The Morgan fingerprint density at radius 1 is 1.15 bits per heavy atom. The molecule has 1 atom stereocenters. The SMILES string of the molecule is CNCc1c(OC(C)CCOC)ccc2ccccc12. The molecular formula is C17H23NO2. The number of hydrogen-bond donors (Lipinski definition) is 1. The average molecular weight is 273 g/mol. The number of methoxy groups -OCH3 is 1. The zero-order valence-electron chi connectivity index (χ0n) is 12.5. The van der Waals surface area contributed by atoms with Gasteiger partial charge in [0.1, 0.15) is 5.75 Å². The molecular weight excluding hydrogens is 250 g/mol. The van der Waals surface area contributed by atoms with Crippen LogP contribution in [-0.2, 0) is 11.3 Å². The molecule has 0 heterocycles. The van der Waals surface area contributed by atoms with Crippen molar-refractivity contribution in [3.8, 4) is 5.75 Å². The lowest BCUT2D eigenvalue weighted by Gasteiger charge is -2.18. The number of rotatable bonds is 7. The van der Waals surface area contributed by atoms with Crippen LogP contribution in [0.2, 0.25) is 0 Å². The Balaban J connectivity index is 2.29. The molecule has 0 aliphatic rings. The molecule has 0 spiro atoms. The van der Waals surface area contributed by atoms with Crippen molar-refractivity contribution >= 4 is 10.8 Å². The van der Waals surface area contributed by atoms with Crippen molar-refractivity contribution in [3.63, 3.8) is 0 Å². The van der Waals surface area contributed by atoms with E-state index in [1.165, 1.54) is 16.3 Å². The maximum Gasteiger partial charge on any atom is 0.124 e. The van der Waals surface area contributed by atoms with Crippen molar-refractivity contribution in [2.24, 2.45) is 0 Å². The molecule has 2 aromatic carbocycles. The monoisotopic (exact) mass is 273 g/mol. The first-order valence-corrected chi connectivity index (χ1v) is 7.07. The summed E-state index contributed by atoms with van der Waals surface area (Å²) >= 11 is 0. The Bertz CT molecular complexity index is 554. The van der Waals surface area contributed by atoms with Crippen LogP contribution in [0.1, 0.15) is 18.9 Å². The fourth-order valence-corrected chi connectivity index (χ4v) is 2.34. The predicted molar refractivity (Wildman–Crippen MR) is 83.3 cm³/mol. The highest BCUT2D eigenvalue weighted by atomic mass is 16.5. The molecule has 0 fully saturated rings. The number of ether oxygens (including phenoxy) is 2. The van der Waals surface area contributed by atoms with Gasteiger partial charge in [0.2, 0.25) is 0 Å². The fraction of sp³-hybridized carbons (Fsp3) is 0.412. The Labute approximate surface area is 120 Å². The fourth-order valence-electron chi connectivity index (χ4n) is 2.34. The van der Waals surface area contributed by atoms with Crippen LogP contribution in [-0.4, -0.2) is 26.9 Å². The number of fused-ring (bicyclic) bond motifs is 1. The van der Waals surface area contributed by atoms with Crippen LogP contribution in [0.15, 0.2) is 36.4 Å². The molecule has 0 aliphatic heterocycles. The minimum atomic E-state index is 0.145. The summed E-state index contributed by atoms with van der Waals surface area (Å²) in [7, 11) is 3.68. The molecule has 3 nitrogen and oxygen atoms in total. The van der Waals surface area contributed by atoms with Crippen LogP contribution >= 0.6 is 0 Å². The number of benzene rings is 2. The van der Waals surface area contributed by atoms with Crippen LogP contribution in [0.25, 0.3) is 10.8 Å². The van der Waals surface area contributed by atoms with Gasteiger partial charge in [-0.1, -0.05) is 30.3 Å². The van der Waals surface area contributed by atoms with E-state index in [9.17, 15) is 0 Å². The molecule has 0 radical (unpaired) electrons. The summed E-state index contributed by atoms with van der Waals surface area (Å²) in [6.07, 6.45) is 1.04. The van der Waals surface area contributed by atoms with Gasteiger partial charge in [0.05, 0.1) is 6.10 Å². The van der Waals surface area contributed by atoms with Gasteiger partial charge >= 0.3 is 0 Å². The Morgan fingerprint density at radius 2 is 1.95 bits per heavy atom. The molecule has 0 bridgehead atoms. The van der Waals surface area contributed by atoms with Crippen LogP contribution in [0.5, 0.6) is 5.75 Å². The zero-order valence-corrected chi connectivity index (χ0v) is 12.5. The van der Waals surface area contributed by atoms with E-state index >= 15 is 0 Å². The van der Waals surface area contributed by atoms with E-state index < -0.39 is 0 Å². The predicted octanol–water partition coefficient (Wildman–Crippen LogP) is 3.36. The standard InChI is InChI=1S/C17H23NO2/c1-13(10-11-19-3)20-17-9-8-14-6-4-5-7-15(14)16(17)12-18-2/h4-9,13,18H,10-12H2,1-3H3. The maximum absolute atomic E-state index is 6.09. The topological polar surface area (TPSA) is 30.5 Å². The van der Waals surface area contributed by atoms with E-state index in [2.05, 4.69) is 48.6 Å². The van der Waals surface area contributed by atoms with E-state index in [4.69, 9.17) is 9.47 Å². The molecule has 0 aromatic heterocycles. The lowest BCUT2D eigenvalue weighted by Crippen LogP contribution is -2.16. The molecule has 1 N–H and O–H groups in total. The lowest BCUT2D eigenvalue weighted by atomic mass is 10.0. The molecule has 0 saturated heterocycles. The van der Waals surface area contributed by atoms with E-state index in [1.807, 2.05) is 7.05 Å². The summed E-state index contributed by atoms with van der Waals surface area (Å²) in [6, 6.07) is 12.6. The van der Waals surface area contributed by atoms with E-state index in [0.717, 1.165) is 25.3 Å². The minimum Gasteiger partial charge on any atom is -0.490 e. The maximum atomic E-state index is 6.09. The van der Waals surface area contributed by atoms with Gasteiger partial charge in [-0.3, -0.25) is 0 Å². The molecule has 1 unspecified atom stereocenters. The Hall–Kier alpha value is -1.58. The van der Waals surface area contributed by atoms with E-state index in [1.54, 1.807) is 7.11 Å². The summed E-state index contributed by atoms with van der Waals surface area (Å²) in [5.41, 5.74) is 1.22. The number of nitrogens with one attached hydrogen (secondary N) is 1. The molecule has 0 amide bonds. The third kappa shape index (κ3) is 3.50. The summed E-state index contributed by atoms with van der Waals surface area (Å²) < 4.78 is 11.2. The molecule has 2 rings (SSSR count). The molecule has 20 heavy (non-hydrogen) atoms. The van der Waals surface area contributed by atoms with Crippen molar-refractivity contribution in [1.29, 1.82) is 0 Å². The first-order valence-electron chi connectivity index (χ1n) is 7.07. The van der Waals surface area contributed by atoms with Gasteiger partial charge in [-0.15, -0.1) is 0 Å². The van der Waals surface area contributed by atoms with Crippen LogP contribution < -0.4 is 10.1 Å². The van der Waals surface area contributed by atoms with Crippen LogP contribution in [0, 0.1) is 0 Å². The first kappa shape index (κ1) is 14.8. The molecule has 0 aliphatic carbocycles. The lowest BCUT2D eigenvalue weighted by molar-refractivity contribution is 0.134. The number of hydrogen-bond acceptors (Lipinski definition) is 3. The summed E-state index contributed by atoms with van der Waals surface area (Å²) in [5.74, 6) is 0.960. The molecule has 108 valence electrons. The summed E-state index contributed by atoms with van der Waals surface area (Å²) in [4.78, 5) is 0. The van der Waals surface area contributed by atoms with Crippen LogP contribution in [0.3, 0.4) is 0 Å². The van der Waals surface area contributed by atoms with Gasteiger partial charge in [-0.25, -0.2) is 0 Å². The third-order valence-corrected chi connectivity index (χ3v) is 3.41. The quantitative estimate of drug-likeness (QED) is 0.839. The Morgan fingerprint density at radius 3 is 2.70 bits per heavy atom. The second kappa shape index (κ2) is 7.27. The van der Waals surface area contributed by atoms with E-state index in [0.29, 0.717) is 0 Å². The largest absolute Gasteiger partial charge is 0.490 e. The molecule has 3 heteroatoms. The van der Waals surface area contributed by atoms with Gasteiger partial charge in [0, 0.05) is 32.2 Å². The van der Waals surface area contributed by atoms with Crippen molar-refractivity contribution in [1.82, 2.24) is 5.32 Å². The van der Waals surface area contributed by atoms with Crippen molar-refractivity contribution in [2.75, 3.05) is 20.8 Å². The third-order valence-electron chi connectivity index (χ3n) is 3.41. The first-order chi connectivity index (χ1) is 9.76. The highest BCUT2D eigenvalue weighted by molar-refractivity contribution is 5.87. The van der Waals surface area contributed by atoms with Gasteiger partial charge < -0.3 is 14.8 Å². The second-order valence-corrected chi connectivity index (χ2v) is 5.00. The average Bonchev–Trinajstić information content (AvgIpc) is 2.47. The van der Waals surface area contributed by atoms with Gasteiger partial charge in [0.15, 0.2) is 0 Å². The molecule has 0 saturated carbocycles. The molecule has 2 aromatic rings. The van der Waals surface area contributed by atoms with Crippen LogP contribution in [0.4, 0.5) is 0 Å². The van der Waals surface area contributed by atoms with Gasteiger partial charge in [-0.2, -0.15) is 0 Å². The normalized spacial score (nSPS) is 12.6. The van der Waals surface area contributed by atoms with E-state index in [-0.39, 0.29) is 6.10 Å². The highest BCUT2D eigenvalue weighted by Crippen LogP contribution is 2.29. The van der Waals surface area contributed by atoms with Crippen molar-refractivity contribution in [3.05, 3.63) is 42.0 Å². The smallest absolute Gasteiger partial charge is 0.124 e. The van der Waals surface area contributed by atoms with Gasteiger partial charge in [0.25, 0.3) is 0 Å². The zero-order chi connectivity index (χ0) is 14.4. The highest BCUT2D eigenvalue weighted by Gasteiger charge is 2.11. The van der Waals surface area contributed by atoms with Crippen molar-refractivity contribution < 1.29 is 9.47 Å².